The molecule has 0 spiro atoms. The minimum atomic E-state index is -0.648. The minimum absolute atomic E-state index is 0.0551. The standard InChI is InChI=1S/C38H46FN5O5/c1-7-42(8-2)16-11-12-23(3)40-36(46)28-22-44-30-18-24-13-9-10-14-25(24)19-31(30)48-35-32(44)27(34(28)45)20-29(39)33(35)43-17-15-26(21-43)41-37(47)49-38(4,5)6/h9-10,13-14,18-20,22-23,26H,7-8,11-12,15-17,21H2,1-6H3,(H,40,46)(H,41,47). The van der Waals surface area contributed by atoms with E-state index in [-0.39, 0.29) is 34.5 Å². The van der Waals surface area contributed by atoms with Gasteiger partial charge in [-0.2, -0.15) is 0 Å². The number of aromatic nitrogens is 1. The van der Waals surface area contributed by atoms with Crippen LogP contribution in [0.1, 0.15) is 71.2 Å². The molecule has 11 heteroatoms. The smallest absolute Gasteiger partial charge is 0.407 e. The van der Waals surface area contributed by atoms with Gasteiger partial charge in [-0.05, 0) is 95.6 Å². The zero-order valence-electron chi connectivity index (χ0n) is 29.2. The maximum absolute atomic E-state index is 16.3. The van der Waals surface area contributed by atoms with Crippen LogP contribution in [-0.2, 0) is 4.74 Å². The molecule has 1 aromatic heterocycles. The number of benzene rings is 3. The summed E-state index contributed by atoms with van der Waals surface area (Å²) in [6.07, 6.45) is 3.26. The third-order valence-corrected chi connectivity index (χ3v) is 9.32. The zero-order valence-corrected chi connectivity index (χ0v) is 29.2. The van der Waals surface area contributed by atoms with Gasteiger partial charge in [-0.3, -0.25) is 9.59 Å². The van der Waals surface area contributed by atoms with E-state index in [1.54, 1.807) is 31.5 Å². The van der Waals surface area contributed by atoms with Crippen LogP contribution in [0.2, 0.25) is 0 Å². The Hall–Kier alpha value is -4.64. The molecule has 0 saturated carbocycles. The summed E-state index contributed by atoms with van der Waals surface area (Å²) < 4.78 is 30.0. The summed E-state index contributed by atoms with van der Waals surface area (Å²) in [6.45, 7) is 15.2. The molecule has 3 heterocycles. The van der Waals surface area contributed by atoms with Gasteiger partial charge in [0.2, 0.25) is 5.43 Å². The maximum atomic E-state index is 16.3. The van der Waals surface area contributed by atoms with Gasteiger partial charge in [0, 0.05) is 25.3 Å². The second kappa shape index (κ2) is 13.7. The topological polar surface area (TPSA) is 105 Å². The fraction of sp³-hybridized carbons (Fsp3) is 0.447. The number of alkyl carbamates (subject to hydrolysis) is 1. The second-order valence-electron chi connectivity index (χ2n) is 14.1. The summed E-state index contributed by atoms with van der Waals surface area (Å²) in [5.41, 5.74) is -0.0514. The molecule has 10 nitrogen and oxygen atoms in total. The highest BCUT2D eigenvalue weighted by molar-refractivity contribution is 6.02. The Bertz CT molecular complexity index is 1960. The highest BCUT2D eigenvalue weighted by atomic mass is 19.1. The number of rotatable bonds is 10. The van der Waals surface area contributed by atoms with E-state index in [4.69, 9.17) is 9.47 Å². The van der Waals surface area contributed by atoms with E-state index < -0.39 is 28.8 Å². The molecule has 0 bridgehead atoms. The lowest BCUT2D eigenvalue weighted by Crippen LogP contribution is -2.40. The molecule has 1 saturated heterocycles. The Morgan fingerprint density at radius 3 is 2.53 bits per heavy atom. The fourth-order valence-corrected chi connectivity index (χ4v) is 6.84. The van der Waals surface area contributed by atoms with Gasteiger partial charge >= 0.3 is 6.09 Å². The van der Waals surface area contributed by atoms with Gasteiger partial charge in [-0.15, -0.1) is 0 Å². The first kappa shape index (κ1) is 34.2. The summed E-state index contributed by atoms with van der Waals surface area (Å²) in [5, 5.41) is 7.83. The summed E-state index contributed by atoms with van der Waals surface area (Å²) in [5.74, 6) is -0.469. The third kappa shape index (κ3) is 7.08. The number of carbonyl (C=O) groups is 2. The van der Waals surface area contributed by atoms with Crippen molar-refractivity contribution in [2.24, 2.45) is 0 Å². The number of nitrogens with one attached hydrogen (secondary N) is 2. The predicted octanol–water partition coefficient (Wildman–Crippen LogP) is 6.73. The first-order valence-electron chi connectivity index (χ1n) is 17.3. The molecular weight excluding hydrogens is 625 g/mol. The number of nitrogens with zero attached hydrogens (tertiary/aromatic N) is 3. The average molecular weight is 672 g/mol. The van der Waals surface area contributed by atoms with Crippen molar-refractivity contribution in [2.45, 2.75) is 78.5 Å². The first-order chi connectivity index (χ1) is 23.4. The van der Waals surface area contributed by atoms with Crippen molar-refractivity contribution in [3.8, 4) is 17.2 Å². The number of pyridine rings is 1. The van der Waals surface area contributed by atoms with Crippen molar-refractivity contribution in [1.82, 2.24) is 20.1 Å². The van der Waals surface area contributed by atoms with E-state index in [9.17, 15) is 14.4 Å². The lowest BCUT2D eigenvalue weighted by molar-refractivity contribution is 0.0508. The van der Waals surface area contributed by atoms with Gasteiger partial charge in [0.15, 0.2) is 17.3 Å². The molecule has 3 aromatic carbocycles. The molecule has 2 aliphatic heterocycles. The van der Waals surface area contributed by atoms with E-state index in [0.29, 0.717) is 36.5 Å². The molecule has 0 aliphatic carbocycles. The van der Waals surface area contributed by atoms with E-state index in [1.807, 2.05) is 48.2 Å². The molecule has 6 rings (SSSR count). The van der Waals surface area contributed by atoms with Crippen LogP contribution < -0.4 is 25.7 Å². The van der Waals surface area contributed by atoms with Crippen LogP contribution in [-0.4, -0.2) is 71.9 Å². The van der Waals surface area contributed by atoms with Crippen molar-refractivity contribution >= 4 is 39.4 Å². The number of hydrogen-bond acceptors (Lipinski definition) is 7. The number of hydrogen-bond donors (Lipinski definition) is 2. The monoisotopic (exact) mass is 671 g/mol. The SMILES string of the molecule is CCN(CC)CCCC(C)NC(=O)c1cn2c3c(c(N4CCC(NC(=O)OC(C)(C)C)C4)c(F)cc3c1=O)Oc1cc3ccccc3cc1-2. The lowest BCUT2D eigenvalue weighted by atomic mass is 10.0. The Balaban J connectivity index is 1.39. The molecule has 2 N–H and O–H groups in total. The molecule has 2 atom stereocenters. The van der Waals surface area contributed by atoms with Crippen molar-refractivity contribution < 1.29 is 23.5 Å². The third-order valence-electron chi connectivity index (χ3n) is 9.32. The Morgan fingerprint density at radius 2 is 1.84 bits per heavy atom. The van der Waals surface area contributed by atoms with E-state index in [0.717, 1.165) is 43.2 Å². The number of ether oxygens (including phenoxy) is 2. The van der Waals surface area contributed by atoms with Crippen LogP contribution in [0, 0.1) is 5.82 Å². The summed E-state index contributed by atoms with van der Waals surface area (Å²) in [6, 6.07) is 12.4. The molecular formula is C38H46FN5O5. The van der Waals surface area contributed by atoms with Gasteiger partial charge in [-0.1, -0.05) is 38.1 Å². The van der Waals surface area contributed by atoms with Crippen molar-refractivity contribution in [3.05, 3.63) is 70.3 Å². The normalized spacial score (nSPS) is 16.1. The predicted molar refractivity (Wildman–Crippen MR) is 191 cm³/mol. The van der Waals surface area contributed by atoms with Crippen LogP contribution in [0.4, 0.5) is 14.9 Å². The van der Waals surface area contributed by atoms with Gasteiger partial charge < -0.3 is 34.5 Å². The Kier molecular flexibility index (Phi) is 9.57. The molecule has 2 amide bonds. The summed E-state index contributed by atoms with van der Waals surface area (Å²) >= 11 is 0. The molecule has 0 radical (unpaired) electrons. The number of fused-ring (bicyclic) bond motifs is 3. The zero-order chi connectivity index (χ0) is 35.0. The average Bonchev–Trinajstić information content (AvgIpc) is 3.49. The second-order valence-corrected chi connectivity index (χ2v) is 14.1. The van der Waals surface area contributed by atoms with Crippen molar-refractivity contribution in [3.63, 3.8) is 0 Å². The maximum Gasteiger partial charge on any atom is 0.407 e. The fourth-order valence-electron chi connectivity index (χ4n) is 6.84. The largest absolute Gasteiger partial charge is 0.451 e. The number of anilines is 1. The highest BCUT2D eigenvalue weighted by Gasteiger charge is 2.34. The molecule has 4 aromatic rings. The molecule has 2 aliphatic rings. The summed E-state index contributed by atoms with van der Waals surface area (Å²) in [4.78, 5) is 44.3. The lowest BCUT2D eigenvalue weighted by Gasteiger charge is -2.29. The van der Waals surface area contributed by atoms with Crippen molar-refractivity contribution in [2.75, 3.05) is 37.6 Å². The molecule has 260 valence electrons. The summed E-state index contributed by atoms with van der Waals surface area (Å²) in [7, 11) is 0. The first-order valence-corrected chi connectivity index (χ1v) is 17.3. The van der Waals surface area contributed by atoms with Crippen LogP contribution in [0.3, 0.4) is 0 Å². The highest BCUT2D eigenvalue weighted by Crippen LogP contribution is 2.48. The molecule has 49 heavy (non-hydrogen) atoms. The van der Waals surface area contributed by atoms with Crippen LogP contribution >= 0.6 is 0 Å². The minimum Gasteiger partial charge on any atom is -0.451 e. The number of carbonyl (C=O) groups excluding carboxylic acids is 2. The number of amides is 2. The van der Waals surface area contributed by atoms with Gasteiger partial charge in [-0.25, -0.2) is 9.18 Å². The van der Waals surface area contributed by atoms with Gasteiger partial charge in [0.05, 0.1) is 17.1 Å². The van der Waals surface area contributed by atoms with E-state index >= 15 is 4.39 Å². The van der Waals surface area contributed by atoms with Crippen molar-refractivity contribution in [1.29, 1.82) is 0 Å². The number of halogens is 1. The molecule has 1 fully saturated rings. The molecule has 2 unspecified atom stereocenters. The van der Waals surface area contributed by atoms with E-state index in [1.165, 1.54) is 6.07 Å². The van der Waals surface area contributed by atoms with Gasteiger partial charge in [0.1, 0.15) is 22.4 Å². The van der Waals surface area contributed by atoms with Gasteiger partial charge in [0.25, 0.3) is 5.91 Å². The Labute approximate surface area is 286 Å². The van der Waals surface area contributed by atoms with Crippen LogP contribution in [0.25, 0.3) is 27.4 Å². The van der Waals surface area contributed by atoms with Crippen LogP contribution in [0.15, 0.2) is 53.5 Å². The van der Waals surface area contributed by atoms with E-state index in [2.05, 4.69) is 29.4 Å². The quantitative estimate of drug-likeness (QED) is 0.170. The van der Waals surface area contributed by atoms with Crippen LogP contribution in [0.5, 0.6) is 11.5 Å². The Morgan fingerprint density at radius 1 is 1.12 bits per heavy atom.